The van der Waals surface area contributed by atoms with Crippen LogP contribution in [0.1, 0.15) is 6.92 Å². The molecule has 0 aliphatic heterocycles. The number of carbonyl (C=O) groups is 1. The molecule has 0 aliphatic rings. The Morgan fingerprint density at radius 2 is 1.04 bits per heavy atom. The van der Waals surface area contributed by atoms with Gasteiger partial charge in [0, 0.05) is 0 Å². The summed E-state index contributed by atoms with van der Waals surface area (Å²) in [6.07, 6.45) is -7.78. The third kappa shape index (κ3) is 3.08. The molecule has 0 spiro atoms. The molecule has 0 rings (SSSR count). The molecule has 0 saturated carbocycles. The van der Waals surface area contributed by atoms with Gasteiger partial charge in [-0.25, -0.2) is 4.79 Å². The number of rotatable bonds is 6. The minimum Gasteiger partial charge on any atom is -0.465 e. The lowest BCUT2D eigenvalue weighted by Gasteiger charge is -2.39. The lowest BCUT2D eigenvalue weighted by molar-refractivity contribution is -0.436. The van der Waals surface area contributed by atoms with Crippen LogP contribution in [0.25, 0.3) is 0 Å². The largest absolute Gasteiger partial charge is 0.465 e. The summed E-state index contributed by atoms with van der Waals surface area (Å²) in [6.45, 7) is 0.358. The molecular formula is C11H7F13O2. The number of alkyl halides is 13. The van der Waals surface area contributed by atoms with Crippen molar-refractivity contribution in [3.63, 3.8) is 0 Å². The zero-order valence-corrected chi connectivity index (χ0v) is 12.3. The maximum Gasteiger partial charge on any atom is 0.460 e. The Morgan fingerprint density at radius 3 is 1.31 bits per heavy atom. The molecule has 0 heterocycles. The Morgan fingerprint density at radius 1 is 0.692 bits per heavy atom. The Hall–Kier alpha value is -1.70. The van der Waals surface area contributed by atoms with Crippen LogP contribution in [0.3, 0.4) is 0 Å². The van der Waals surface area contributed by atoms with E-state index in [2.05, 4.69) is 4.74 Å². The summed E-state index contributed by atoms with van der Waals surface area (Å²) >= 11 is 0. The first-order valence-electron chi connectivity index (χ1n) is 5.89. The van der Waals surface area contributed by atoms with Crippen molar-refractivity contribution in [2.75, 3.05) is 7.11 Å². The van der Waals surface area contributed by atoms with Gasteiger partial charge >= 0.3 is 41.8 Å². The standard InChI is InChI=1S/C11H7F13O2/c1-3-4(5(25)26-2)6(12,13)7(14,15)8(16,17)9(18,19)10(20,21)11(22,23)24/h3H,1-2H3. The highest BCUT2D eigenvalue weighted by molar-refractivity contribution is 5.90. The van der Waals surface area contributed by atoms with Crippen LogP contribution >= 0.6 is 0 Å². The average molecular weight is 418 g/mol. The first-order chi connectivity index (χ1) is 11.2. The second-order valence-corrected chi connectivity index (χ2v) is 4.56. The number of carbonyl (C=O) groups excluding carboxylic acids is 1. The normalized spacial score (nSPS) is 15.9. The quantitative estimate of drug-likeness (QED) is 0.351. The van der Waals surface area contributed by atoms with E-state index in [1.807, 2.05) is 0 Å². The zero-order valence-electron chi connectivity index (χ0n) is 12.3. The molecule has 26 heavy (non-hydrogen) atoms. The van der Waals surface area contributed by atoms with Crippen LogP contribution in [0, 0.1) is 0 Å². The van der Waals surface area contributed by atoms with E-state index in [4.69, 9.17) is 0 Å². The molecule has 0 N–H and O–H groups in total. The average Bonchev–Trinajstić information content (AvgIpc) is 2.45. The molecule has 0 atom stereocenters. The van der Waals surface area contributed by atoms with E-state index in [9.17, 15) is 61.9 Å². The number of esters is 1. The number of hydrogen-bond donors (Lipinski definition) is 0. The molecule has 2 nitrogen and oxygen atoms in total. The van der Waals surface area contributed by atoms with E-state index in [-0.39, 0.29) is 13.2 Å². The smallest absolute Gasteiger partial charge is 0.460 e. The van der Waals surface area contributed by atoms with Gasteiger partial charge in [0.1, 0.15) is 5.57 Å². The molecule has 0 aromatic rings. The third-order valence-corrected chi connectivity index (χ3v) is 2.97. The molecular weight excluding hydrogens is 411 g/mol. The molecule has 15 heteroatoms. The molecule has 0 unspecified atom stereocenters. The molecule has 0 amide bonds. The summed E-state index contributed by atoms with van der Waals surface area (Å²) in [4.78, 5) is 10.9. The van der Waals surface area contributed by atoms with Crippen molar-refractivity contribution >= 4 is 5.97 Å². The zero-order chi connectivity index (χ0) is 21.6. The van der Waals surface area contributed by atoms with Crippen LogP contribution in [0.15, 0.2) is 11.6 Å². The molecule has 154 valence electrons. The summed E-state index contributed by atoms with van der Waals surface area (Å²) < 4.78 is 171. The molecule has 0 radical (unpaired) electrons. The lowest BCUT2D eigenvalue weighted by Crippen LogP contribution is -2.70. The Balaban J connectivity index is 6.55. The summed E-state index contributed by atoms with van der Waals surface area (Å²) in [7, 11) is 0.282. The van der Waals surface area contributed by atoms with Crippen molar-refractivity contribution in [1.82, 2.24) is 0 Å². The van der Waals surface area contributed by atoms with E-state index >= 15 is 0 Å². The van der Waals surface area contributed by atoms with Gasteiger partial charge in [-0.2, -0.15) is 57.1 Å². The fraction of sp³-hybridized carbons (Fsp3) is 0.727. The van der Waals surface area contributed by atoms with Gasteiger partial charge in [-0.3, -0.25) is 0 Å². The van der Waals surface area contributed by atoms with Crippen LogP contribution in [-0.2, 0) is 9.53 Å². The van der Waals surface area contributed by atoms with Crippen molar-refractivity contribution < 1.29 is 66.6 Å². The van der Waals surface area contributed by atoms with Gasteiger partial charge in [0.15, 0.2) is 0 Å². The number of methoxy groups -OCH3 is 1. The highest BCUT2D eigenvalue weighted by atomic mass is 19.4. The van der Waals surface area contributed by atoms with Crippen LogP contribution in [0.2, 0.25) is 0 Å². The van der Waals surface area contributed by atoms with Crippen molar-refractivity contribution in [2.24, 2.45) is 0 Å². The maximum absolute atomic E-state index is 13.6. The first kappa shape index (κ1) is 24.3. The molecule has 0 saturated heterocycles. The Bertz CT molecular complexity index is 573. The van der Waals surface area contributed by atoms with E-state index < -0.39 is 47.3 Å². The van der Waals surface area contributed by atoms with Gasteiger partial charge < -0.3 is 4.74 Å². The molecule has 0 bridgehead atoms. The number of allylic oxidation sites excluding steroid dienone is 1. The molecule has 0 aromatic carbocycles. The number of ether oxygens (including phenoxy) is 1. The van der Waals surface area contributed by atoms with E-state index in [1.165, 1.54) is 0 Å². The van der Waals surface area contributed by atoms with Gasteiger partial charge in [-0.1, -0.05) is 6.08 Å². The van der Waals surface area contributed by atoms with Crippen molar-refractivity contribution in [3.05, 3.63) is 11.6 Å². The number of halogens is 13. The second kappa shape index (κ2) is 6.48. The van der Waals surface area contributed by atoms with Crippen molar-refractivity contribution in [2.45, 2.75) is 42.7 Å². The summed E-state index contributed by atoms with van der Waals surface area (Å²) in [5.41, 5.74) is -2.67. The van der Waals surface area contributed by atoms with E-state index in [1.54, 1.807) is 0 Å². The number of hydrogen-bond acceptors (Lipinski definition) is 2. The Kier molecular flexibility index (Phi) is 6.05. The van der Waals surface area contributed by atoms with E-state index in [0.29, 0.717) is 6.92 Å². The van der Waals surface area contributed by atoms with Crippen LogP contribution < -0.4 is 0 Å². The molecule has 0 aliphatic carbocycles. The van der Waals surface area contributed by atoms with Crippen LogP contribution in [0.4, 0.5) is 57.1 Å². The van der Waals surface area contributed by atoms with Gasteiger partial charge in [-0.05, 0) is 6.92 Å². The molecule has 0 fully saturated rings. The third-order valence-electron chi connectivity index (χ3n) is 2.97. The van der Waals surface area contributed by atoms with Gasteiger partial charge in [-0.15, -0.1) is 0 Å². The van der Waals surface area contributed by atoms with Gasteiger partial charge in [0.2, 0.25) is 0 Å². The second-order valence-electron chi connectivity index (χ2n) is 4.56. The highest BCUT2D eigenvalue weighted by Crippen LogP contribution is 2.61. The van der Waals surface area contributed by atoms with Gasteiger partial charge in [0.25, 0.3) is 0 Å². The first-order valence-corrected chi connectivity index (χ1v) is 5.89. The van der Waals surface area contributed by atoms with Crippen molar-refractivity contribution in [1.29, 1.82) is 0 Å². The minimum absolute atomic E-state index is 0.282. The van der Waals surface area contributed by atoms with Crippen LogP contribution in [-0.4, -0.2) is 48.9 Å². The van der Waals surface area contributed by atoms with Gasteiger partial charge in [0.05, 0.1) is 7.11 Å². The minimum atomic E-state index is -8.01. The summed E-state index contributed by atoms with van der Waals surface area (Å²) in [5, 5.41) is 0. The maximum atomic E-state index is 13.6. The SMILES string of the molecule is CC=C(C(=O)OC)C(F)(F)C(F)(F)C(F)(F)C(F)(F)C(F)(F)C(F)(F)F. The van der Waals surface area contributed by atoms with E-state index in [0.717, 1.165) is 0 Å². The topological polar surface area (TPSA) is 26.3 Å². The predicted molar refractivity (Wildman–Crippen MR) is 56.6 cm³/mol. The lowest BCUT2D eigenvalue weighted by atomic mass is 9.90. The highest BCUT2D eigenvalue weighted by Gasteiger charge is 2.91. The predicted octanol–water partition coefficient (Wildman–Crippen LogP) is 4.84. The summed E-state index contributed by atoms with van der Waals surface area (Å²) in [6, 6.07) is 0. The van der Waals surface area contributed by atoms with Crippen LogP contribution in [0.5, 0.6) is 0 Å². The monoisotopic (exact) mass is 418 g/mol. The fourth-order valence-corrected chi connectivity index (χ4v) is 1.48. The van der Waals surface area contributed by atoms with Crippen molar-refractivity contribution in [3.8, 4) is 0 Å². The fourth-order valence-electron chi connectivity index (χ4n) is 1.48. The Labute approximate surface area is 135 Å². The summed E-state index contributed by atoms with van der Waals surface area (Å²) in [5.74, 6) is -40.4. The molecule has 0 aromatic heterocycles.